The molecule has 0 radical (unpaired) electrons. The molecule has 4 heteroatoms. The van der Waals surface area contributed by atoms with E-state index in [0.717, 1.165) is 10.6 Å². The fourth-order valence-electron chi connectivity index (χ4n) is 1.13. The normalized spacial score (nSPS) is 12.4. The summed E-state index contributed by atoms with van der Waals surface area (Å²) in [4.78, 5) is 11.6. The maximum absolute atomic E-state index is 10.5. The SMILES string of the molecule is Cc1cccc(SCCC(N)C(=O)O)c1. The third-order valence-electron chi connectivity index (χ3n) is 2.00. The van der Waals surface area contributed by atoms with E-state index in [2.05, 4.69) is 6.07 Å². The molecule has 15 heavy (non-hydrogen) atoms. The van der Waals surface area contributed by atoms with E-state index in [-0.39, 0.29) is 0 Å². The Morgan fingerprint density at radius 2 is 2.33 bits per heavy atom. The second-order valence-electron chi connectivity index (χ2n) is 3.40. The van der Waals surface area contributed by atoms with E-state index in [0.29, 0.717) is 6.42 Å². The molecule has 1 unspecified atom stereocenters. The van der Waals surface area contributed by atoms with Crippen LogP contribution in [0.5, 0.6) is 0 Å². The molecular formula is C11H15NO2S. The van der Waals surface area contributed by atoms with E-state index in [9.17, 15) is 4.79 Å². The molecule has 0 saturated carbocycles. The number of benzene rings is 1. The van der Waals surface area contributed by atoms with Gasteiger partial charge in [-0.15, -0.1) is 11.8 Å². The van der Waals surface area contributed by atoms with Gasteiger partial charge in [-0.05, 0) is 25.5 Å². The molecule has 3 nitrogen and oxygen atoms in total. The Morgan fingerprint density at radius 3 is 2.93 bits per heavy atom. The highest BCUT2D eigenvalue weighted by Crippen LogP contribution is 2.19. The molecule has 1 atom stereocenters. The van der Waals surface area contributed by atoms with Crippen molar-refractivity contribution in [3.8, 4) is 0 Å². The lowest BCUT2D eigenvalue weighted by Gasteiger charge is -2.06. The van der Waals surface area contributed by atoms with Crippen LogP contribution in [0.25, 0.3) is 0 Å². The summed E-state index contributed by atoms with van der Waals surface area (Å²) in [6.45, 7) is 2.03. The molecule has 0 spiro atoms. The Morgan fingerprint density at radius 1 is 1.60 bits per heavy atom. The molecule has 0 saturated heterocycles. The first kappa shape index (κ1) is 12.1. The van der Waals surface area contributed by atoms with Crippen molar-refractivity contribution in [1.29, 1.82) is 0 Å². The smallest absolute Gasteiger partial charge is 0.320 e. The molecule has 82 valence electrons. The van der Waals surface area contributed by atoms with Gasteiger partial charge in [0.05, 0.1) is 0 Å². The number of carboxylic acids is 1. The van der Waals surface area contributed by atoms with Gasteiger partial charge >= 0.3 is 5.97 Å². The van der Waals surface area contributed by atoms with E-state index < -0.39 is 12.0 Å². The summed E-state index contributed by atoms with van der Waals surface area (Å²) in [6.07, 6.45) is 0.494. The summed E-state index contributed by atoms with van der Waals surface area (Å²) >= 11 is 1.64. The third-order valence-corrected chi connectivity index (χ3v) is 3.03. The van der Waals surface area contributed by atoms with Gasteiger partial charge < -0.3 is 10.8 Å². The molecule has 0 aliphatic carbocycles. The van der Waals surface area contributed by atoms with E-state index >= 15 is 0 Å². The van der Waals surface area contributed by atoms with Crippen molar-refractivity contribution in [3.63, 3.8) is 0 Å². The summed E-state index contributed by atoms with van der Waals surface area (Å²) in [5, 5.41) is 8.59. The fraction of sp³-hybridized carbons (Fsp3) is 0.364. The second kappa shape index (κ2) is 5.78. The van der Waals surface area contributed by atoms with E-state index in [1.54, 1.807) is 11.8 Å². The number of nitrogens with two attached hydrogens (primary N) is 1. The number of aliphatic carboxylic acids is 1. The second-order valence-corrected chi connectivity index (χ2v) is 4.57. The minimum atomic E-state index is -0.931. The van der Waals surface area contributed by atoms with E-state index in [1.165, 1.54) is 5.56 Å². The molecule has 3 N–H and O–H groups in total. The number of aryl methyl sites for hydroxylation is 1. The monoisotopic (exact) mass is 225 g/mol. The lowest BCUT2D eigenvalue weighted by atomic mass is 10.2. The van der Waals surface area contributed by atoms with Crippen LogP contribution in [0.1, 0.15) is 12.0 Å². The third kappa shape index (κ3) is 4.36. The van der Waals surface area contributed by atoms with Gasteiger partial charge in [-0.25, -0.2) is 0 Å². The molecule has 0 aromatic heterocycles. The highest BCUT2D eigenvalue weighted by atomic mass is 32.2. The Labute approximate surface area is 93.7 Å². The molecule has 0 aliphatic heterocycles. The van der Waals surface area contributed by atoms with Crippen molar-refractivity contribution in [2.45, 2.75) is 24.3 Å². The Kier molecular flexibility index (Phi) is 4.65. The van der Waals surface area contributed by atoms with Crippen LogP contribution >= 0.6 is 11.8 Å². The summed E-state index contributed by atoms with van der Waals surface area (Å²) in [7, 11) is 0. The first-order chi connectivity index (χ1) is 7.09. The van der Waals surface area contributed by atoms with Crippen LogP contribution in [-0.4, -0.2) is 22.9 Å². The van der Waals surface area contributed by atoms with Crippen molar-refractivity contribution in [3.05, 3.63) is 29.8 Å². The standard InChI is InChI=1S/C11H15NO2S/c1-8-3-2-4-9(7-8)15-6-5-10(12)11(13)14/h2-4,7,10H,5-6,12H2,1H3,(H,13,14). The van der Waals surface area contributed by atoms with Gasteiger partial charge in [-0.1, -0.05) is 17.7 Å². The predicted molar refractivity (Wildman–Crippen MR) is 62.1 cm³/mol. The molecule has 1 aromatic rings. The zero-order valence-electron chi connectivity index (χ0n) is 8.64. The first-order valence-electron chi connectivity index (χ1n) is 4.77. The van der Waals surface area contributed by atoms with Crippen LogP contribution in [0, 0.1) is 6.92 Å². The maximum atomic E-state index is 10.5. The minimum absolute atomic E-state index is 0.494. The van der Waals surface area contributed by atoms with Crippen molar-refractivity contribution >= 4 is 17.7 Å². The Hall–Kier alpha value is -1.00. The van der Waals surface area contributed by atoms with Crippen molar-refractivity contribution < 1.29 is 9.90 Å². The molecular weight excluding hydrogens is 210 g/mol. The van der Waals surface area contributed by atoms with Gasteiger partial charge in [0.25, 0.3) is 0 Å². The predicted octanol–water partition coefficient (Wildman–Crippen LogP) is 1.89. The average molecular weight is 225 g/mol. The minimum Gasteiger partial charge on any atom is -0.480 e. The van der Waals surface area contributed by atoms with Crippen LogP contribution in [0.4, 0.5) is 0 Å². The lowest BCUT2D eigenvalue weighted by molar-refractivity contribution is -0.138. The zero-order valence-corrected chi connectivity index (χ0v) is 9.46. The first-order valence-corrected chi connectivity index (χ1v) is 5.76. The van der Waals surface area contributed by atoms with Crippen LogP contribution in [0.15, 0.2) is 29.2 Å². The highest BCUT2D eigenvalue weighted by molar-refractivity contribution is 7.99. The van der Waals surface area contributed by atoms with Gasteiger partial charge in [-0.2, -0.15) is 0 Å². The van der Waals surface area contributed by atoms with Crippen molar-refractivity contribution in [1.82, 2.24) is 0 Å². The Bertz CT molecular complexity index is 341. The quantitative estimate of drug-likeness (QED) is 0.751. The van der Waals surface area contributed by atoms with Crippen molar-refractivity contribution in [2.24, 2.45) is 5.73 Å². The van der Waals surface area contributed by atoms with Crippen LogP contribution in [0.2, 0.25) is 0 Å². The lowest BCUT2D eigenvalue weighted by Crippen LogP contribution is -2.30. The van der Waals surface area contributed by atoms with E-state index in [4.69, 9.17) is 10.8 Å². The van der Waals surface area contributed by atoms with Crippen LogP contribution in [-0.2, 0) is 4.79 Å². The molecule has 0 amide bonds. The average Bonchev–Trinajstić information content (AvgIpc) is 2.17. The molecule has 0 bridgehead atoms. The molecule has 0 fully saturated rings. The Balaban J connectivity index is 2.35. The summed E-state index contributed by atoms with van der Waals surface area (Å²) < 4.78 is 0. The van der Waals surface area contributed by atoms with Gasteiger partial charge in [0.1, 0.15) is 6.04 Å². The topological polar surface area (TPSA) is 63.3 Å². The molecule has 0 heterocycles. The maximum Gasteiger partial charge on any atom is 0.320 e. The number of carboxylic acid groups (broad SMARTS) is 1. The number of rotatable bonds is 5. The number of hydrogen-bond donors (Lipinski definition) is 2. The van der Waals surface area contributed by atoms with E-state index in [1.807, 2.05) is 25.1 Å². The van der Waals surface area contributed by atoms with Crippen molar-refractivity contribution in [2.75, 3.05) is 5.75 Å². The zero-order chi connectivity index (χ0) is 11.3. The molecule has 1 rings (SSSR count). The summed E-state index contributed by atoms with van der Waals surface area (Å²) in [5.74, 6) is -0.198. The van der Waals surface area contributed by atoms with Gasteiger partial charge in [-0.3, -0.25) is 4.79 Å². The number of thioether (sulfide) groups is 1. The summed E-state index contributed by atoms with van der Waals surface area (Å²) in [6, 6.07) is 7.38. The van der Waals surface area contributed by atoms with Crippen LogP contribution < -0.4 is 5.73 Å². The van der Waals surface area contributed by atoms with Gasteiger partial charge in [0.15, 0.2) is 0 Å². The molecule has 1 aromatic carbocycles. The largest absolute Gasteiger partial charge is 0.480 e. The van der Waals surface area contributed by atoms with Crippen LogP contribution in [0.3, 0.4) is 0 Å². The number of hydrogen-bond acceptors (Lipinski definition) is 3. The molecule has 0 aliphatic rings. The van der Waals surface area contributed by atoms with Gasteiger partial charge in [0, 0.05) is 10.6 Å². The number of carbonyl (C=O) groups is 1. The van der Waals surface area contributed by atoms with Gasteiger partial charge in [0.2, 0.25) is 0 Å². The highest BCUT2D eigenvalue weighted by Gasteiger charge is 2.10. The summed E-state index contributed by atoms with van der Waals surface area (Å²) in [5.41, 5.74) is 6.61. The fourth-order valence-corrected chi connectivity index (χ4v) is 2.18.